The highest BCUT2D eigenvalue weighted by Crippen LogP contribution is 2.30. The number of aromatic nitrogens is 3. The summed E-state index contributed by atoms with van der Waals surface area (Å²) < 4.78 is 2.70. The Labute approximate surface area is 172 Å². The van der Waals surface area contributed by atoms with E-state index in [2.05, 4.69) is 38.3 Å². The van der Waals surface area contributed by atoms with Gasteiger partial charge in [0.1, 0.15) is 5.82 Å². The molecule has 1 aliphatic rings. The summed E-state index contributed by atoms with van der Waals surface area (Å²) in [5, 5.41) is 8.66. The van der Waals surface area contributed by atoms with Crippen LogP contribution in [0.2, 0.25) is 5.02 Å². The van der Waals surface area contributed by atoms with Gasteiger partial charge in [-0.15, -0.1) is 0 Å². The molecular weight excluding hydrogens is 426 g/mol. The van der Waals surface area contributed by atoms with Gasteiger partial charge >= 0.3 is 0 Å². The fourth-order valence-electron chi connectivity index (χ4n) is 3.42. The number of nitrogens with one attached hydrogen (secondary N) is 1. The maximum atomic E-state index is 6.39. The summed E-state index contributed by atoms with van der Waals surface area (Å²) >= 11 is 9.93. The summed E-state index contributed by atoms with van der Waals surface area (Å²) in [6.45, 7) is 1.99. The summed E-state index contributed by atoms with van der Waals surface area (Å²) in [6.07, 6.45) is 6.92. The van der Waals surface area contributed by atoms with Gasteiger partial charge in [-0.1, -0.05) is 36.2 Å². The van der Waals surface area contributed by atoms with Crippen LogP contribution in [0.1, 0.15) is 25.7 Å². The normalized spacial score (nSPS) is 14.7. The summed E-state index contributed by atoms with van der Waals surface area (Å²) in [6, 6.07) is 10.6. The maximum Gasteiger partial charge on any atom is 0.172 e. The molecule has 2 heterocycles. The van der Waals surface area contributed by atoms with Gasteiger partial charge in [-0.05, 0) is 54.9 Å². The molecule has 0 unspecified atom stereocenters. The zero-order valence-electron chi connectivity index (χ0n) is 15.3. The average Bonchev–Trinajstić information content (AvgIpc) is 2.99. The van der Waals surface area contributed by atoms with E-state index in [4.69, 9.17) is 16.6 Å². The van der Waals surface area contributed by atoms with Crippen molar-refractivity contribution in [2.45, 2.75) is 31.7 Å². The molecule has 1 aliphatic carbocycles. The zero-order chi connectivity index (χ0) is 18.8. The fraction of sp³-hybridized carbons (Fsp3) is 0.400. The first-order valence-corrected chi connectivity index (χ1v) is 10.5. The third-order valence-corrected chi connectivity index (χ3v) is 6.16. The number of anilines is 1. The number of nitrogens with zero attached hydrogens (tertiary/aromatic N) is 4. The van der Waals surface area contributed by atoms with Crippen LogP contribution in [0, 0.1) is 0 Å². The molecule has 1 saturated carbocycles. The molecule has 27 heavy (non-hydrogen) atoms. The summed E-state index contributed by atoms with van der Waals surface area (Å²) in [7, 11) is 2.23. The minimum atomic E-state index is 0.693. The molecule has 0 atom stereocenters. The molecule has 0 saturated heterocycles. The molecule has 0 aliphatic heterocycles. The van der Waals surface area contributed by atoms with Crippen molar-refractivity contribution in [1.82, 2.24) is 19.5 Å². The smallest absolute Gasteiger partial charge is 0.172 e. The Morgan fingerprint density at radius 3 is 2.89 bits per heavy atom. The van der Waals surface area contributed by atoms with Gasteiger partial charge in [0.05, 0.1) is 16.4 Å². The zero-order valence-corrected chi connectivity index (χ0v) is 17.7. The molecule has 1 aromatic carbocycles. The van der Waals surface area contributed by atoms with Crippen LogP contribution in [0.15, 0.2) is 41.0 Å². The average molecular weight is 449 g/mol. The Hall–Kier alpha value is -1.63. The number of fused-ring (bicyclic) bond motifs is 1. The lowest BCUT2D eigenvalue weighted by atomic mass is 9.92. The van der Waals surface area contributed by atoms with Crippen LogP contribution >= 0.6 is 27.5 Å². The van der Waals surface area contributed by atoms with E-state index in [1.807, 2.05) is 34.8 Å². The van der Waals surface area contributed by atoms with Crippen LogP contribution in [0.4, 0.5) is 5.82 Å². The quantitative estimate of drug-likeness (QED) is 0.511. The van der Waals surface area contributed by atoms with Crippen LogP contribution in [0.25, 0.3) is 16.9 Å². The number of hydrogen-bond donors (Lipinski definition) is 1. The lowest BCUT2D eigenvalue weighted by Crippen LogP contribution is -2.38. The van der Waals surface area contributed by atoms with Gasteiger partial charge in [0.15, 0.2) is 5.65 Å². The Bertz CT molecular complexity index is 937. The number of hydrogen-bond acceptors (Lipinski definition) is 4. The van der Waals surface area contributed by atoms with Gasteiger partial charge in [-0.25, -0.2) is 4.98 Å². The van der Waals surface area contributed by atoms with Gasteiger partial charge in [0.25, 0.3) is 0 Å². The van der Waals surface area contributed by atoms with Gasteiger partial charge in [-0.3, -0.25) is 0 Å². The molecule has 4 rings (SSSR count). The van der Waals surface area contributed by atoms with Crippen LogP contribution in [0.3, 0.4) is 0 Å². The Kier molecular flexibility index (Phi) is 5.66. The monoisotopic (exact) mass is 447 g/mol. The first-order chi connectivity index (χ1) is 13.1. The topological polar surface area (TPSA) is 45.5 Å². The van der Waals surface area contributed by atoms with E-state index in [0.29, 0.717) is 5.02 Å². The van der Waals surface area contributed by atoms with Gasteiger partial charge in [0, 0.05) is 29.2 Å². The standard InChI is InChI=1S/C20H23BrClN5/c1-26(14-6-4-7-14)11-5-10-23-19-12-18(15-8-2-3-9-17(15)22)25-20-16(21)13-24-27(19)20/h2-3,8-9,12-14,23H,4-7,10-11H2,1H3. The van der Waals surface area contributed by atoms with Gasteiger partial charge < -0.3 is 10.2 Å². The summed E-state index contributed by atoms with van der Waals surface area (Å²) in [4.78, 5) is 7.22. The second-order valence-electron chi connectivity index (χ2n) is 7.08. The van der Waals surface area contributed by atoms with Gasteiger partial charge in [0.2, 0.25) is 0 Å². The Morgan fingerprint density at radius 1 is 1.33 bits per heavy atom. The number of benzene rings is 1. The van der Waals surface area contributed by atoms with Crippen molar-refractivity contribution in [3.05, 3.63) is 46.0 Å². The second kappa shape index (κ2) is 8.17. The molecule has 5 nitrogen and oxygen atoms in total. The Balaban J connectivity index is 1.53. The van der Waals surface area contributed by atoms with Crippen LogP contribution in [0.5, 0.6) is 0 Å². The van der Waals surface area contributed by atoms with Crippen LogP contribution in [-0.2, 0) is 0 Å². The van der Waals surface area contributed by atoms with Crippen LogP contribution in [-0.4, -0.2) is 45.7 Å². The van der Waals surface area contributed by atoms with E-state index in [0.717, 1.165) is 52.7 Å². The third-order valence-electron chi connectivity index (χ3n) is 5.27. The van der Waals surface area contributed by atoms with Crippen molar-refractivity contribution >= 4 is 39.0 Å². The molecular formula is C20H23BrClN5. The molecule has 0 bridgehead atoms. The number of rotatable bonds is 7. The van der Waals surface area contributed by atoms with Crippen molar-refractivity contribution in [2.75, 3.05) is 25.5 Å². The van der Waals surface area contributed by atoms with E-state index in [1.54, 1.807) is 6.20 Å². The van der Waals surface area contributed by atoms with E-state index < -0.39 is 0 Å². The van der Waals surface area contributed by atoms with E-state index in [-0.39, 0.29) is 0 Å². The lowest BCUT2D eigenvalue weighted by molar-refractivity contribution is 0.159. The van der Waals surface area contributed by atoms with Gasteiger partial charge in [-0.2, -0.15) is 9.61 Å². The molecule has 1 N–H and O–H groups in total. The first kappa shape index (κ1) is 18.7. The Morgan fingerprint density at radius 2 is 2.15 bits per heavy atom. The highest BCUT2D eigenvalue weighted by molar-refractivity contribution is 9.10. The van der Waals surface area contributed by atoms with Crippen molar-refractivity contribution < 1.29 is 0 Å². The summed E-state index contributed by atoms with van der Waals surface area (Å²) in [5.74, 6) is 0.923. The van der Waals surface area contributed by atoms with E-state index in [9.17, 15) is 0 Å². The van der Waals surface area contributed by atoms with Crippen molar-refractivity contribution in [1.29, 1.82) is 0 Å². The van der Waals surface area contributed by atoms with E-state index in [1.165, 1.54) is 19.3 Å². The van der Waals surface area contributed by atoms with Crippen molar-refractivity contribution in [2.24, 2.45) is 0 Å². The molecule has 1 fully saturated rings. The fourth-order valence-corrected chi connectivity index (χ4v) is 4.00. The largest absolute Gasteiger partial charge is 0.370 e. The van der Waals surface area contributed by atoms with E-state index >= 15 is 0 Å². The minimum absolute atomic E-state index is 0.693. The van der Waals surface area contributed by atoms with Crippen LogP contribution < -0.4 is 5.32 Å². The minimum Gasteiger partial charge on any atom is -0.370 e. The summed E-state index contributed by atoms with van der Waals surface area (Å²) in [5.41, 5.74) is 2.53. The molecule has 142 valence electrons. The number of halogens is 2. The van der Waals surface area contributed by atoms with Crippen molar-refractivity contribution in [3.8, 4) is 11.3 Å². The highest BCUT2D eigenvalue weighted by Gasteiger charge is 2.21. The molecule has 2 aromatic heterocycles. The molecule has 0 amide bonds. The molecule has 0 spiro atoms. The first-order valence-electron chi connectivity index (χ1n) is 9.37. The highest BCUT2D eigenvalue weighted by atomic mass is 79.9. The molecule has 0 radical (unpaired) electrons. The predicted molar refractivity (Wildman–Crippen MR) is 115 cm³/mol. The SMILES string of the molecule is CN(CCCNc1cc(-c2ccccc2Cl)nc2c(Br)cnn12)C1CCC1. The third kappa shape index (κ3) is 3.98. The second-order valence-corrected chi connectivity index (χ2v) is 8.34. The molecule has 3 aromatic rings. The molecule has 7 heteroatoms. The predicted octanol–water partition coefficient (Wildman–Crippen LogP) is 5.10. The maximum absolute atomic E-state index is 6.39. The van der Waals surface area contributed by atoms with Crippen molar-refractivity contribution in [3.63, 3.8) is 0 Å². The lowest BCUT2D eigenvalue weighted by Gasteiger charge is -2.34.